The summed E-state index contributed by atoms with van der Waals surface area (Å²) in [4.78, 5) is 22.4. The molecule has 0 fully saturated rings. The van der Waals surface area contributed by atoms with Gasteiger partial charge >= 0.3 is 0 Å². The highest BCUT2D eigenvalue weighted by molar-refractivity contribution is 5.88. The number of nitriles is 1. The molecule has 0 saturated carbocycles. The molecule has 100 valence electrons. The minimum atomic E-state index is -0.278. The van der Waals surface area contributed by atoms with Gasteiger partial charge in [0, 0.05) is 19.2 Å². The van der Waals surface area contributed by atoms with E-state index in [9.17, 15) is 9.59 Å². The Labute approximate surface area is 108 Å². The third-order valence-electron chi connectivity index (χ3n) is 2.48. The number of hydrogen-bond acceptors (Lipinski definition) is 3. The molecule has 0 spiro atoms. The zero-order valence-corrected chi connectivity index (χ0v) is 11.2. The fourth-order valence-corrected chi connectivity index (χ4v) is 1.09. The molecule has 0 aliphatic rings. The van der Waals surface area contributed by atoms with E-state index >= 15 is 0 Å². The lowest BCUT2D eigenvalue weighted by Gasteiger charge is -2.06. The van der Waals surface area contributed by atoms with E-state index in [4.69, 9.17) is 5.26 Å². The van der Waals surface area contributed by atoms with Gasteiger partial charge in [0.25, 0.3) is 0 Å². The van der Waals surface area contributed by atoms with Gasteiger partial charge in [-0.3, -0.25) is 9.59 Å². The molecule has 0 radical (unpaired) electrons. The average molecular weight is 251 g/mol. The number of nitrogens with one attached hydrogen (secondary N) is 2. The Morgan fingerprint density at radius 1 is 1.28 bits per heavy atom. The predicted molar refractivity (Wildman–Crippen MR) is 69.5 cm³/mol. The van der Waals surface area contributed by atoms with Gasteiger partial charge < -0.3 is 10.6 Å². The first-order valence-corrected chi connectivity index (χ1v) is 6.07. The first kappa shape index (κ1) is 16.2. The lowest BCUT2D eigenvalue weighted by molar-refractivity contribution is -0.120. The number of hydrogen-bond donors (Lipinski definition) is 2. The second kappa shape index (κ2) is 9.23. The monoisotopic (exact) mass is 251 g/mol. The molecule has 18 heavy (non-hydrogen) atoms. The molecule has 0 bridgehead atoms. The number of carbonyl (C=O) groups is 2. The molecule has 0 heterocycles. The first-order valence-electron chi connectivity index (χ1n) is 6.07. The van der Waals surface area contributed by atoms with Crippen LogP contribution in [0.2, 0.25) is 0 Å². The van der Waals surface area contributed by atoms with Crippen LogP contribution >= 0.6 is 0 Å². The normalized spacial score (nSPS) is 10.9. The summed E-state index contributed by atoms with van der Waals surface area (Å²) in [6.07, 6.45) is 2.12. The van der Waals surface area contributed by atoms with E-state index in [1.54, 1.807) is 12.1 Å². The van der Waals surface area contributed by atoms with E-state index < -0.39 is 0 Å². The van der Waals surface area contributed by atoms with Gasteiger partial charge in [-0.15, -0.1) is 0 Å². The van der Waals surface area contributed by atoms with Gasteiger partial charge in [-0.2, -0.15) is 5.26 Å². The third kappa shape index (κ3) is 8.34. The van der Waals surface area contributed by atoms with Gasteiger partial charge in [0.2, 0.25) is 11.8 Å². The fourth-order valence-electron chi connectivity index (χ4n) is 1.09. The zero-order chi connectivity index (χ0) is 14.0. The van der Waals surface area contributed by atoms with Crippen LogP contribution in [0.1, 0.15) is 33.6 Å². The molecule has 0 saturated heterocycles. The summed E-state index contributed by atoms with van der Waals surface area (Å²) < 4.78 is 0. The van der Waals surface area contributed by atoms with Crippen LogP contribution in [0.3, 0.4) is 0 Å². The first-order chi connectivity index (χ1) is 8.47. The van der Waals surface area contributed by atoms with Gasteiger partial charge in [0.15, 0.2) is 0 Å². The topological polar surface area (TPSA) is 82.0 Å². The Hall–Kier alpha value is -1.83. The molecule has 0 aliphatic heterocycles. The van der Waals surface area contributed by atoms with Crippen LogP contribution < -0.4 is 10.6 Å². The molecule has 0 aromatic heterocycles. The maximum absolute atomic E-state index is 11.4. The van der Waals surface area contributed by atoms with Crippen molar-refractivity contribution in [2.24, 2.45) is 5.92 Å². The Bertz CT molecular complexity index is 354. The Morgan fingerprint density at radius 3 is 2.44 bits per heavy atom. The van der Waals surface area contributed by atoms with Gasteiger partial charge in [-0.25, -0.2) is 0 Å². The van der Waals surface area contributed by atoms with Crippen LogP contribution in [0.25, 0.3) is 0 Å². The molecular formula is C13H21N3O2. The molecule has 5 heteroatoms. The highest BCUT2D eigenvalue weighted by atomic mass is 16.2. The lowest BCUT2D eigenvalue weighted by Crippen LogP contribution is -2.29. The SMILES string of the molecule is C/C(=C\C(=O)NCCCNC(=O)CC#N)C(C)C. The van der Waals surface area contributed by atoms with Crippen LogP contribution in [-0.4, -0.2) is 24.9 Å². The minimum Gasteiger partial charge on any atom is -0.355 e. The van der Waals surface area contributed by atoms with Crippen LogP contribution in [0.4, 0.5) is 0 Å². The summed E-state index contributed by atoms with van der Waals surface area (Å²) in [6.45, 7) is 6.96. The second-order valence-electron chi connectivity index (χ2n) is 4.37. The van der Waals surface area contributed by atoms with E-state index in [2.05, 4.69) is 10.6 Å². The van der Waals surface area contributed by atoms with Crippen molar-refractivity contribution in [1.29, 1.82) is 5.26 Å². The van der Waals surface area contributed by atoms with Crippen molar-refractivity contribution in [3.63, 3.8) is 0 Å². The highest BCUT2D eigenvalue weighted by Crippen LogP contribution is 2.06. The van der Waals surface area contributed by atoms with E-state index in [0.29, 0.717) is 25.4 Å². The molecule has 0 atom stereocenters. The van der Waals surface area contributed by atoms with Crippen molar-refractivity contribution in [3.05, 3.63) is 11.6 Å². The third-order valence-corrected chi connectivity index (χ3v) is 2.48. The second-order valence-corrected chi connectivity index (χ2v) is 4.37. The van der Waals surface area contributed by atoms with Crippen molar-refractivity contribution in [2.75, 3.05) is 13.1 Å². The lowest BCUT2D eigenvalue weighted by atomic mass is 10.1. The van der Waals surface area contributed by atoms with Crippen molar-refractivity contribution in [2.45, 2.75) is 33.6 Å². The molecular weight excluding hydrogens is 230 g/mol. The Balaban J connectivity index is 3.68. The maximum atomic E-state index is 11.4. The summed E-state index contributed by atoms with van der Waals surface area (Å²) in [7, 11) is 0. The molecule has 2 amide bonds. The molecule has 0 aromatic carbocycles. The van der Waals surface area contributed by atoms with Crippen LogP contribution in [0, 0.1) is 17.2 Å². The minimum absolute atomic E-state index is 0.107. The van der Waals surface area contributed by atoms with Crippen molar-refractivity contribution in [3.8, 4) is 6.07 Å². The fraction of sp³-hybridized carbons (Fsp3) is 0.615. The number of allylic oxidation sites excluding steroid dienone is 1. The Kier molecular flexibility index (Phi) is 8.29. The largest absolute Gasteiger partial charge is 0.355 e. The van der Waals surface area contributed by atoms with E-state index in [1.807, 2.05) is 20.8 Å². The molecule has 0 unspecified atom stereocenters. The standard InChI is InChI=1S/C13H21N3O2/c1-10(2)11(3)9-13(18)16-8-4-7-15-12(17)5-6-14/h9-10H,4-5,7-8H2,1-3H3,(H,15,17)(H,16,18)/b11-9+. The van der Waals surface area contributed by atoms with Crippen molar-refractivity contribution < 1.29 is 9.59 Å². The molecule has 0 aromatic rings. The molecule has 5 nitrogen and oxygen atoms in total. The van der Waals surface area contributed by atoms with Crippen molar-refractivity contribution in [1.82, 2.24) is 10.6 Å². The maximum Gasteiger partial charge on any atom is 0.243 e. The Morgan fingerprint density at radius 2 is 1.89 bits per heavy atom. The van der Waals surface area contributed by atoms with E-state index in [1.165, 1.54) is 0 Å². The highest BCUT2D eigenvalue weighted by Gasteiger charge is 2.01. The van der Waals surface area contributed by atoms with Gasteiger partial charge in [-0.1, -0.05) is 19.4 Å². The summed E-state index contributed by atoms with van der Waals surface area (Å²) in [5.41, 5.74) is 1.04. The number of carbonyl (C=O) groups excluding carboxylic acids is 2. The van der Waals surface area contributed by atoms with Crippen LogP contribution in [0.5, 0.6) is 0 Å². The summed E-state index contributed by atoms with van der Waals surface area (Å²) >= 11 is 0. The van der Waals surface area contributed by atoms with Gasteiger partial charge in [-0.05, 0) is 19.3 Å². The molecule has 0 rings (SSSR count). The molecule has 0 aliphatic carbocycles. The summed E-state index contributed by atoms with van der Waals surface area (Å²) in [5, 5.41) is 13.6. The summed E-state index contributed by atoms with van der Waals surface area (Å²) in [5.74, 6) is -0.0232. The average Bonchev–Trinajstić information content (AvgIpc) is 2.28. The molecule has 2 N–H and O–H groups in total. The smallest absolute Gasteiger partial charge is 0.243 e. The number of rotatable bonds is 7. The quantitative estimate of drug-likeness (QED) is 0.525. The van der Waals surface area contributed by atoms with E-state index in [-0.39, 0.29) is 18.2 Å². The van der Waals surface area contributed by atoms with Crippen molar-refractivity contribution >= 4 is 11.8 Å². The van der Waals surface area contributed by atoms with Crippen LogP contribution in [0.15, 0.2) is 11.6 Å². The van der Waals surface area contributed by atoms with E-state index in [0.717, 1.165) is 5.57 Å². The number of nitrogens with zero attached hydrogens (tertiary/aromatic N) is 1. The van der Waals surface area contributed by atoms with Gasteiger partial charge in [0.05, 0.1) is 6.07 Å². The summed E-state index contributed by atoms with van der Waals surface area (Å²) in [6, 6.07) is 1.77. The van der Waals surface area contributed by atoms with Gasteiger partial charge in [0.1, 0.15) is 6.42 Å². The zero-order valence-electron chi connectivity index (χ0n) is 11.2. The van der Waals surface area contributed by atoms with Crippen LogP contribution in [-0.2, 0) is 9.59 Å². The number of amides is 2. The predicted octanol–water partition coefficient (Wildman–Crippen LogP) is 1.12.